The number of para-hydroxylation sites is 1. The lowest BCUT2D eigenvalue weighted by atomic mass is 10.0. The van der Waals surface area contributed by atoms with Gasteiger partial charge in [0.05, 0.1) is 18.7 Å². The minimum Gasteiger partial charge on any atom is -0.461 e. The van der Waals surface area contributed by atoms with Gasteiger partial charge in [-0.15, -0.1) is 0 Å². The molecular weight excluding hydrogens is 346 g/mol. The number of nitrogens with one attached hydrogen (secondary N) is 1. The first-order chi connectivity index (χ1) is 13.1. The first-order valence-corrected chi connectivity index (χ1v) is 9.12. The van der Waals surface area contributed by atoms with Gasteiger partial charge >= 0.3 is 5.97 Å². The molecular formula is C19H21N5O3. The van der Waals surface area contributed by atoms with E-state index < -0.39 is 5.97 Å². The number of aryl methyl sites for hydroxylation is 1. The Morgan fingerprint density at radius 3 is 2.81 bits per heavy atom. The van der Waals surface area contributed by atoms with Crippen LogP contribution in [0.5, 0.6) is 0 Å². The third-order valence-electron chi connectivity index (χ3n) is 4.86. The minimum absolute atomic E-state index is 0.155. The molecule has 0 aliphatic carbocycles. The predicted octanol–water partition coefficient (Wildman–Crippen LogP) is 2.15. The second kappa shape index (κ2) is 6.86. The SMILES string of the molecule is CCOC(=O)c1nn(CC)c2c1CN(C(=O)c1n[nH]c3ccccc13)CC2. The zero-order valence-electron chi connectivity index (χ0n) is 15.4. The van der Waals surface area contributed by atoms with E-state index in [0.717, 1.165) is 22.2 Å². The molecule has 3 heterocycles. The van der Waals surface area contributed by atoms with Gasteiger partial charge in [-0.1, -0.05) is 18.2 Å². The van der Waals surface area contributed by atoms with Crippen LogP contribution in [0.3, 0.4) is 0 Å². The van der Waals surface area contributed by atoms with Crippen LogP contribution in [0.4, 0.5) is 0 Å². The number of aromatic amines is 1. The van der Waals surface area contributed by atoms with Gasteiger partial charge in [0, 0.05) is 36.2 Å². The van der Waals surface area contributed by atoms with E-state index in [1.807, 2.05) is 35.9 Å². The summed E-state index contributed by atoms with van der Waals surface area (Å²) in [4.78, 5) is 27.1. The Balaban J connectivity index is 1.67. The molecule has 0 saturated heterocycles. The fraction of sp³-hybridized carbons (Fsp3) is 0.368. The summed E-state index contributed by atoms with van der Waals surface area (Å²) in [6.45, 7) is 5.58. The quantitative estimate of drug-likeness (QED) is 0.713. The number of hydrogen-bond donors (Lipinski definition) is 1. The molecule has 4 rings (SSSR count). The number of carbonyl (C=O) groups is 2. The number of esters is 1. The van der Waals surface area contributed by atoms with Crippen LogP contribution in [0.1, 0.15) is 46.1 Å². The molecule has 27 heavy (non-hydrogen) atoms. The molecule has 1 aliphatic rings. The zero-order valence-corrected chi connectivity index (χ0v) is 15.4. The van der Waals surface area contributed by atoms with E-state index in [1.165, 1.54) is 0 Å². The second-order valence-corrected chi connectivity index (χ2v) is 6.40. The normalized spacial score (nSPS) is 13.6. The molecule has 1 amide bonds. The van der Waals surface area contributed by atoms with Crippen molar-refractivity contribution in [2.24, 2.45) is 0 Å². The Kier molecular flexibility index (Phi) is 4.39. The molecule has 1 N–H and O–H groups in total. The van der Waals surface area contributed by atoms with Crippen molar-refractivity contribution in [2.45, 2.75) is 33.4 Å². The number of amides is 1. The van der Waals surface area contributed by atoms with Gasteiger partial charge in [-0.3, -0.25) is 14.6 Å². The van der Waals surface area contributed by atoms with Crippen LogP contribution < -0.4 is 0 Å². The van der Waals surface area contributed by atoms with Gasteiger partial charge in [0.2, 0.25) is 0 Å². The van der Waals surface area contributed by atoms with E-state index in [-0.39, 0.29) is 12.5 Å². The molecule has 140 valence electrons. The third kappa shape index (κ3) is 2.87. The summed E-state index contributed by atoms with van der Waals surface area (Å²) in [5.41, 5.74) is 3.29. The van der Waals surface area contributed by atoms with Crippen molar-refractivity contribution in [3.8, 4) is 0 Å². The average Bonchev–Trinajstić information content (AvgIpc) is 3.28. The third-order valence-corrected chi connectivity index (χ3v) is 4.86. The highest BCUT2D eigenvalue weighted by Crippen LogP contribution is 2.26. The molecule has 1 aromatic carbocycles. The first-order valence-electron chi connectivity index (χ1n) is 9.12. The van der Waals surface area contributed by atoms with Crippen LogP contribution in [0.25, 0.3) is 10.9 Å². The molecule has 8 nitrogen and oxygen atoms in total. The number of benzene rings is 1. The Hall–Kier alpha value is -3.16. The van der Waals surface area contributed by atoms with Crippen molar-refractivity contribution in [1.82, 2.24) is 24.9 Å². The molecule has 0 atom stereocenters. The zero-order chi connectivity index (χ0) is 19.0. The maximum Gasteiger partial charge on any atom is 0.359 e. The molecule has 0 bridgehead atoms. The summed E-state index contributed by atoms with van der Waals surface area (Å²) in [5.74, 6) is -0.599. The number of H-pyrrole nitrogens is 1. The van der Waals surface area contributed by atoms with Crippen LogP contribution in [0.2, 0.25) is 0 Å². The highest BCUT2D eigenvalue weighted by Gasteiger charge is 2.31. The Labute approximate surface area is 156 Å². The number of aromatic nitrogens is 4. The fourth-order valence-corrected chi connectivity index (χ4v) is 3.57. The number of ether oxygens (including phenoxy) is 1. The van der Waals surface area contributed by atoms with Gasteiger partial charge < -0.3 is 9.64 Å². The lowest BCUT2D eigenvalue weighted by Crippen LogP contribution is -2.37. The summed E-state index contributed by atoms with van der Waals surface area (Å²) in [6.07, 6.45) is 0.643. The largest absolute Gasteiger partial charge is 0.461 e. The lowest BCUT2D eigenvalue weighted by molar-refractivity contribution is 0.0513. The molecule has 0 fully saturated rings. The Bertz CT molecular complexity index is 1020. The Morgan fingerprint density at radius 2 is 2.04 bits per heavy atom. The fourth-order valence-electron chi connectivity index (χ4n) is 3.57. The lowest BCUT2D eigenvalue weighted by Gasteiger charge is -2.27. The monoisotopic (exact) mass is 367 g/mol. The first kappa shape index (κ1) is 17.3. The van der Waals surface area contributed by atoms with Gasteiger partial charge in [0.25, 0.3) is 5.91 Å². The van der Waals surface area contributed by atoms with E-state index >= 15 is 0 Å². The molecule has 0 unspecified atom stereocenters. The summed E-state index contributed by atoms with van der Waals surface area (Å²) in [6, 6.07) is 7.54. The van der Waals surface area contributed by atoms with Crippen LogP contribution in [-0.4, -0.2) is 49.9 Å². The average molecular weight is 367 g/mol. The van der Waals surface area contributed by atoms with Crippen molar-refractivity contribution in [2.75, 3.05) is 13.2 Å². The van der Waals surface area contributed by atoms with Gasteiger partial charge in [0.15, 0.2) is 11.4 Å². The highest BCUT2D eigenvalue weighted by molar-refractivity contribution is 6.04. The van der Waals surface area contributed by atoms with E-state index in [9.17, 15) is 9.59 Å². The molecule has 0 spiro atoms. The van der Waals surface area contributed by atoms with Gasteiger partial charge in [0.1, 0.15) is 0 Å². The van der Waals surface area contributed by atoms with E-state index in [2.05, 4.69) is 15.3 Å². The number of nitrogens with zero attached hydrogens (tertiary/aromatic N) is 4. The van der Waals surface area contributed by atoms with E-state index in [1.54, 1.807) is 11.8 Å². The molecule has 2 aromatic heterocycles. The van der Waals surface area contributed by atoms with Crippen molar-refractivity contribution < 1.29 is 14.3 Å². The number of rotatable bonds is 4. The van der Waals surface area contributed by atoms with Crippen molar-refractivity contribution in [3.63, 3.8) is 0 Å². The standard InChI is InChI=1S/C19H21N5O3/c1-3-24-15-9-10-23(11-13(15)17(22-24)19(26)27-4-2)18(25)16-12-7-5-6-8-14(12)20-21-16/h5-8H,3-4,9-11H2,1-2H3,(H,20,21). The highest BCUT2D eigenvalue weighted by atomic mass is 16.5. The number of carbonyl (C=O) groups excluding carboxylic acids is 2. The van der Waals surface area contributed by atoms with Crippen molar-refractivity contribution in [3.05, 3.63) is 46.9 Å². The van der Waals surface area contributed by atoms with E-state index in [4.69, 9.17) is 4.74 Å². The van der Waals surface area contributed by atoms with Gasteiger partial charge in [-0.05, 0) is 19.9 Å². The maximum absolute atomic E-state index is 13.1. The second-order valence-electron chi connectivity index (χ2n) is 6.40. The molecule has 0 radical (unpaired) electrons. The number of hydrogen-bond acceptors (Lipinski definition) is 5. The van der Waals surface area contributed by atoms with Crippen LogP contribution >= 0.6 is 0 Å². The smallest absolute Gasteiger partial charge is 0.359 e. The van der Waals surface area contributed by atoms with Crippen molar-refractivity contribution in [1.29, 1.82) is 0 Å². The number of fused-ring (bicyclic) bond motifs is 2. The predicted molar refractivity (Wildman–Crippen MR) is 98.4 cm³/mol. The Morgan fingerprint density at radius 1 is 1.22 bits per heavy atom. The minimum atomic E-state index is -0.444. The molecule has 0 saturated carbocycles. The van der Waals surface area contributed by atoms with Crippen LogP contribution in [0.15, 0.2) is 24.3 Å². The molecule has 3 aromatic rings. The van der Waals surface area contributed by atoms with Crippen molar-refractivity contribution >= 4 is 22.8 Å². The summed E-state index contributed by atoms with van der Waals surface area (Å²) in [5, 5.41) is 12.3. The van der Waals surface area contributed by atoms with Gasteiger partial charge in [-0.25, -0.2) is 4.79 Å². The summed E-state index contributed by atoms with van der Waals surface area (Å²) in [7, 11) is 0. The topological polar surface area (TPSA) is 93.1 Å². The summed E-state index contributed by atoms with van der Waals surface area (Å²) >= 11 is 0. The van der Waals surface area contributed by atoms with Gasteiger partial charge in [-0.2, -0.15) is 10.2 Å². The molecule has 8 heteroatoms. The molecule has 1 aliphatic heterocycles. The van der Waals surface area contributed by atoms with E-state index in [0.29, 0.717) is 37.4 Å². The summed E-state index contributed by atoms with van der Waals surface area (Å²) < 4.78 is 6.97. The maximum atomic E-state index is 13.1. The van der Waals surface area contributed by atoms with Crippen LogP contribution in [-0.2, 0) is 24.2 Å². The van der Waals surface area contributed by atoms with Crippen LogP contribution in [0, 0.1) is 0 Å².